The molecule has 0 aromatic heterocycles. The summed E-state index contributed by atoms with van der Waals surface area (Å²) < 4.78 is 19.3. The smallest absolute Gasteiger partial charge is 0.126 e. The Morgan fingerprint density at radius 2 is 1.85 bits per heavy atom. The molecular formula is C16H17ClFNO. The topological polar surface area (TPSA) is 21.3 Å². The summed E-state index contributed by atoms with van der Waals surface area (Å²) in [6, 6.07) is 14.0. The van der Waals surface area contributed by atoms with Gasteiger partial charge in [0.2, 0.25) is 0 Å². The average Bonchev–Trinajstić information content (AvgIpc) is 2.47. The van der Waals surface area contributed by atoms with Crippen LogP contribution in [0.25, 0.3) is 0 Å². The summed E-state index contributed by atoms with van der Waals surface area (Å²) in [5.41, 5.74) is 0.687. The first-order chi connectivity index (χ1) is 9.69. The molecule has 2 rings (SSSR count). The van der Waals surface area contributed by atoms with E-state index < -0.39 is 0 Å². The van der Waals surface area contributed by atoms with Crippen LogP contribution in [0.4, 0.5) is 4.39 Å². The Labute approximate surface area is 123 Å². The third kappa shape index (κ3) is 4.22. The van der Waals surface area contributed by atoms with Gasteiger partial charge >= 0.3 is 0 Å². The normalized spacial score (nSPS) is 12.2. The fourth-order valence-corrected chi connectivity index (χ4v) is 2.03. The van der Waals surface area contributed by atoms with Gasteiger partial charge in [-0.05, 0) is 49.4 Å². The van der Waals surface area contributed by atoms with Gasteiger partial charge in [0.1, 0.15) is 18.2 Å². The van der Waals surface area contributed by atoms with Crippen LogP contribution in [-0.2, 0) is 6.42 Å². The van der Waals surface area contributed by atoms with E-state index in [1.807, 2.05) is 25.2 Å². The molecule has 2 aromatic rings. The van der Waals surface area contributed by atoms with Crippen LogP contribution >= 0.6 is 11.6 Å². The van der Waals surface area contributed by atoms with Crippen molar-refractivity contribution in [2.45, 2.75) is 12.5 Å². The molecule has 20 heavy (non-hydrogen) atoms. The Morgan fingerprint density at radius 3 is 2.50 bits per heavy atom. The predicted molar refractivity (Wildman–Crippen MR) is 79.9 cm³/mol. The van der Waals surface area contributed by atoms with E-state index in [4.69, 9.17) is 16.3 Å². The minimum atomic E-state index is -0.181. The molecule has 0 bridgehead atoms. The molecule has 0 radical (unpaired) electrons. The van der Waals surface area contributed by atoms with Crippen LogP contribution in [0.3, 0.4) is 0 Å². The number of hydrogen-bond acceptors (Lipinski definition) is 2. The quantitative estimate of drug-likeness (QED) is 0.877. The number of nitrogens with one attached hydrogen (secondary N) is 1. The summed E-state index contributed by atoms with van der Waals surface area (Å²) in [4.78, 5) is 0. The highest BCUT2D eigenvalue weighted by Crippen LogP contribution is 2.16. The summed E-state index contributed by atoms with van der Waals surface area (Å²) in [5, 5.41) is 3.82. The highest BCUT2D eigenvalue weighted by Gasteiger charge is 2.11. The van der Waals surface area contributed by atoms with E-state index in [9.17, 15) is 4.39 Å². The standard InChI is InChI=1S/C16H17ClFNO/c1-19-14(10-12-4-2-3-5-16(12)18)11-20-15-8-6-13(17)7-9-15/h2-9,14,19H,10-11H2,1H3. The number of benzene rings is 2. The number of likely N-dealkylation sites (N-methyl/N-ethyl adjacent to an activating group) is 1. The Morgan fingerprint density at radius 1 is 1.15 bits per heavy atom. The van der Waals surface area contributed by atoms with E-state index in [-0.39, 0.29) is 11.9 Å². The Kier molecular flexibility index (Phi) is 5.39. The summed E-state index contributed by atoms with van der Waals surface area (Å²) in [6.45, 7) is 0.465. The van der Waals surface area contributed by atoms with Crippen LogP contribution in [0.5, 0.6) is 5.75 Å². The Balaban J connectivity index is 1.92. The van der Waals surface area contributed by atoms with Crippen LogP contribution in [0.15, 0.2) is 48.5 Å². The molecule has 0 aliphatic heterocycles. The van der Waals surface area contributed by atoms with Gasteiger partial charge in [0.25, 0.3) is 0 Å². The second kappa shape index (κ2) is 7.27. The van der Waals surface area contributed by atoms with Gasteiger partial charge in [-0.1, -0.05) is 29.8 Å². The second-order valence-electron chi connectivity index (χ2n) is 4.55. The minimum Gasteiger partial charge on any atom is -0.492 e. The lowest BCUT2D eigenvalue weighted by molar-refractivity contribution is 0.269. The first-order valence-corrected chi connectivity index (χ1v) is 6.86. The highest BCUT2D eigenvalue weighted by atomic mass is 35.5. The van der Waals surface area contributed by atoms with Gasteiger partial charge in [0.15, 0.2) is 0 Å². The Hall–Kier alpha value is -1.58. The van der Waals surface area contributed by atoms with E-state index in [0.717, 1.165) is 5.75 Å². The van der Waals surface area contributed by atoms with Crippen molar-refractivity contribution in [1.29, 1.82) is 0 Å². The molecule has 0 fully saturated rings. The molecule has 1 atom stereocenters. The lowest BCUT2D eigenvalue weighted by Crippen LogP contribution is -2.34. The van der Waals surface area contributed by atoms with Crippen molar-refractivity contribution in [3.63, 3.8) is 0 Å². The van der Waals surface area contributed by atoms with E-state index >= 15 is 0 Å². The van der Waals surface area contributed by atoms with Crippen molar-refractivity contribution in [2.24, 2.45) is 0 Å². The summed E-state index contributed by atoms with van der Waals surface area (Å²) >= 11 is 5.82. The van der Waals surface area contributed by atoms with Crippen LogP contribution < -0.4 is 10.1 Å². The number of halogens is 2. The zero-order valence-corrected chi connectivity index (χ0v) is 12.0. The first kappa shape index (κ1) is 14.8. The SMILES string of the molecule is CNC(COc1ccc(Cl)cc1)Cc1ccccc1F. The van der Waals surface area contributed by atoms with Gasteiger partial charge < -0.3 is 10.1 Å². The number of hydrogen-bond donors (Lipinski definition) is 1. The van der Waals surface area contributed by atoms with Crippen molar-refractivity contribution in [1.82, 2.24) is 5.32 Å². The molecular weight excluding hydrogens is 277 g/mol. The first-order valence-electron chi connectivity index (χ1n) is 6.48. The average molecular weight is 294 g/mol. The molecule has 106 valence electrons. The van der Waals surface area contributed by atoms with Crippen molar-refractivity contribution in [2.75, 3.05) is 13.7 Å². The zero-order valence-electron chi connectivity index (χ0n) is 11.3. The number of ether oxygens (including phenoxy) is 1. The summed E-state index contributed by atoms with van der Waals surface area (Å²) in [6.07, 6.45) is 0.580. The van der Waals surface area contributed by atoms with E-state index in [0.29, 0.717) is 23.6 Å². The molecule has 0 heterocycles. The van der Waals surface area contributed by atoms with Gasteiger partial charge in [-0.3, -0.25) is 0 Å². The van der Waals surface area contributed by atoms with Crippen LogP contribution in [0.2, 0.25) is 5.02 Å². The van der Waals surface area contributed by atoms with Gasteiger partial charge in [0, 0.05) is 11.1 Å². The van der Waals surface area contributed by atoms with Crippen LogP contribution in [0.1, 0.15) is 5.56 Å². The molecule has 1 unspecified atom stereocenters. The molecule has 2 nitrogen and oxygen atoms in total. The maximum Gasteiger partial charge on any atom is 0.126 e. The second-order valence-corrected chi connectivity index (χ2v) is 4.98. The predicted octanol–water partition coefficient (Wildman–Crippen LogP) is 3.69. The van der Waals surface area contributed by atoms with Crippen molar-refractivity contribution >= 4 is 11.6 Å². The van der Waals surface area contributed by atoms with E-state index in [1.54, 1.807) is 24.3 Å². The van der Waals surface area contributed by atoms with Crippen LogP contribution in [0, 0.1) is 5.82 Å². The molecule has 0 spiro atoms. The monoisotopic (exact) mass is 293 g/mol. The largest absolute Gasteiger partial charge is 0.492 e. The lowest BCUT2D eigenvalue weighted by Gasteiger charge is -2.17. The fraction of sp³-hybridized carbons (Fsp3) is 0.250. The highest BCUT2D eigenvalue weighted by molar-refractivity contribution is 6.30. The van der Waals surface area contributed by atoms with Crippen LogP contribution in [-0.4, -0.2) is 19.7 Å². The minimum absolute atomic E-state index is 0.0441. The Bertz CT molecular complexity index is 544. The lowest BCUT2D eigenvalue weighted by atomic mass is 10.1. The maximum atomic E-state index is 13.6. The third-order valence-electron chi connectivity index (χ3n) is 3.10. The van der Waals surface area contributed by atoms with Crippen molar-refractivity contribution < 1.29 is 9.13 Å². The van der Waals surface area contributed by atoms with Gasteiger partial charge in [0.05, 0.1) is 0 Å². The molecule has 0 saturated carbocycles. The van der Waals surface area contributed by atoms with E-state index in [1.165, 1.54) is 6.07 Å². The fourth-order valence-electron chi connectivity index (χ4n) is 1.90. The van der Waals surface area contributed by atoms with Gasteiger partial charge in [-0.15, -0.1) is 0 Å². The maximum absolute atomic E-state index is 13.6. The molecule has 0 aliphatic carbocycles. The van der Waals surface area contributed by atoms with Crippen molar-refractivity contribution in [3.05, 3.63) is 64.9 Å². The van der Waals surface area contributed by atoms with Gasteiger partial charge in [-0.25, -0.2) is 4.39 Å². The molecule has 4 heteroatoms. The molecule has 0 saturated heterocycles. The third-order valence-corrected chi connectivity index (χ3v) is 3.35. The summed E-state index contributed by atoms with van der Waals surface area (Å²) in [7, 11) is 1.84. The van der Waals surface area contributed by atoms with E-state index in [2.05, 4.69) is 5.32 Å². The summed E-state index contributed by atoms with van der Waals surface area (Å²) in [5.74, 6) is 0.572. The molecule has 0 aliphatic rings. The zero-order chi connectivity index (χ0) is 14.4. The molecule has 2 aromatic carbocycles. The van der Waals surface area contributed by atoms with Crippen molar-refractivity contribution in [3.8, 4) is 5.75 Å². The number of rotatable bonds is 6. The van der Waals surface area contributed by atoms with Gasteiger partial charge in [-0.2, -0.15) is 0 Å². The molecule has 0 amide bonds. The molecule has 1 N–H and O–H groups in total.